The highest BCUT2D eigenvalue weighted by Gasteiger charge is 2.01. The molecule has 0 heterocycles. The molecule has 0 amide bonds. The van der Waals surface area contributed by atoms with Crippen LogP contribution in [0.1, 0.15) is 11.1 Å². The topological polar surface area (TPSA) is 21.3 Å². The van der Waals surface area contributed by atoms with Crippen molar-refractivity contribution in [2.75, 3.05) is 13.7 Å². The number of methoxy groups -OCH3 is 1. The summed E-state index contributed by atoms with van der Waals surface area (Å²) in [5.74, 6) is 0.486. The molecule has 0 unspecified atom stereocenters. The number of hydrogen-bond acceptors (Lipinski definition) is 2. The molecule has 0 fully saturated rings. The third kappa shape index (κ3) is 4.22. The average molecular weight is 294 g/mol. The monoisotopic (exact) mass is 293 g/mol. The van der Waals surface area contributed by atoms with Gasteiger partial charge in [0.1, 0.15) is 11.6 Å². The highest BCUT2D eigenvalue weighted by molar-refractivity contribution is 6.30. The van der Waals surface area contributed by atoms with E-state index in [1.165, 1.54) is 11.6 Å². The van der Waals surface area contributed by atoms with E-state index in [0.717, 1.165) is 24.3 Å². The Bertz CT molecular complexity index is 574. The molecule has 0 bridgehead atoms. The Balaban J connectivity index is 1.79. The van der Waals surface area contributed by atoms with E-state index in [0.29, 0.717) is 6.54 Å². The van der Waals surface area contributed by atoms with E-state index in [1.807, 2.05) is 18.2 Å². The summed E-state index contributed by atoms with van der Waals surface area (Å²) >= 11 is 5.74. The van der Waals surface area contributed by atoms with Crippen LogP contribution in [0, 0.1) is 5.82 Å². The van der Waals surface area contributed by atoms with Crippen LogP contribution in [0.2, 0.25) is 5.02 Å². The molecular formula is C16H17ClFNO. The third-order valence-electron chi connectivity index (χ3n) is 3.04. The van der Waals surface area contributed by atoms with E-state index in [4.69, 9.17) is 16.3 Å². The standard InChI is InChI=1S/C16H17ClFNO/c1-20-14-4-2-3-12(9-14)7-8-19-11-13-5-6-16(18)15(17)10-13/h2-6,9-10,19H,7-8,11H2,1H3. The van der Waals surface area contributed by atoms with Crippen LogP contribution in [0.3, 0.4) is 0 Å². The zero-order valence-corrected chi connectivity index (χ0v) is 12.1. The van der Waals surface area contributed by atoms with Gasteiger partial charge in [-0.15, -0.1) is 0 Å². The normalized spacial score (nSPS) is 10.6. The molecule has 20 heavy (non-hydrogen) atoms. The second kappa shape index (κ2) is 7.27. The van der Waals surface area contributed by atoms with Gasteiger partial charge in [0.15, 0.2) is 0 Å². The Hall–Kier alpha value is -1.58. The first-order chi connectivity index (χ1) is 9.69. The molecule has 2 rings (SSSR count). The zero-order valence-electron chi connectivity index (χ0n) is 11.3. The summed E-state index contributed by atoms with van der Waals surface area (Å²) in [6, 6.07) is 12.8. The van der Waals surface area contributed by atoms with Crippen LogP contribution < -0.4 is 10.1 Å². The van der Waals surface area contributed by atoms with Crippen molar-refractivity contribution in [3.05, 3.63) is 64.4 Å². The largest absolute Gasteiger partial charge is 0.497 e. The number of ether oxygens (including phenoxy) is 1. The molecule has 0 atom stereocenters. The van der Waals surface area contributed by atoms with Crippen molar-refractivity contribution in [1.29, 1.82) is 0 Å². The summed E-state index contributed by atoms with van der Waals surface area (Å²) in [6.45, 7) is 1.51. The smallest absolute Gasteiger partial charge is 0.141 e. The van der Waals surface area contributed by atoms with Crippen LogP contribution in [0.5, 0.6) is 5.75 Å². The van der Waals surface area contributed by atoms with Crippen molar-refractivity contribution >= 4 is 11.6 Å². The molecule has 0 radical (unpaired) electrons. The molecule has 0 spiro atoms. The van der Waals surface area contributed by atoms with Crippen LogP contribution in [0.25, 0.3) is 0 Å². The minimum absolute atomic E-state index is 0.164. The van der Waals surface area contributed by atoms with Crippen molar-refractivity contribution in [1.82, 2.24) is 5.32 Å². The average Bonchev–Trinajstić information content (AvgIpc) is 2.47. The lowest BCUT2D eigenvalue weighted by atomic mass is 10.1. The van der Waals surface area contributed by atoms with Crippen LogP contribution in [-0.4, -0.2) is 13.7 Å². The van der Waals surface area contributed by atoms with Gasteiger partial charge < -0.3 is 10.1 Å². The quantitative estimate of drug-likeness (QED) is 0.818. The van der Waals surface area contributed by atoms with E-state index < -0.39 is 0 Å². The van der Waals surface area contributed by atoms with E-state index in [-0.39, 0.29) is 10.8 Å². The predicted molar refractivity (Wildman–Crippen MR) is 79.8 cm³/mol. The maximum atomic E-state index is 13.0. The summed E-state index contributed by atoms with van der Waals surface area (Å²) in [5.41, 5.74) is 2.19. The van der Waals surface area contributed by atoms with Gasteiger partial charge in [-0.1, -0.05) is 29.8 Å². The molecule has 0 saturated carbocycles. The fourth-order valence-corrected chi connectivity index (χ4v) is 2.15. The molecule has 0 aromatic heterocycles. The van der Waals surface area contributed by atoms with Gasteiger partial charge in [-0.25, -0.2) is 4.39 Å². The molecule has 4 heteroatoms. The van der Waals surface area contributed by atoms with Gasteiger partial charge in [0.2, 0.25) is 0 Å². The van der Waals surface area contributed by atoms with Crippen molar-refractivity contribution < 1.29 is 9.13 Å². The third-order valence-corrected chi connectivity index (χ3v) is 3.33. The second-order valence-corrected chi connectivity index (χ2v) is 4.93. The van der Waals surface area contributed by atoms with Gasteiger partial charge in [-0.3, -0.25) is 0 Å². The Labute approximate surface area is 123 Å². The first-order valence-electron chi connectivity index (χ1n) is 6.46. The van der Waals surface area contributed by atoms with Gasteiger partial charge in [-0.2, -0.15) is 0 Å². The van der Waals surface area contributed by atoms with Crippen molar-refractivity contribution in [2.24, 2.45) is 0 Å². The summed E-state index contributed by atoms with van der Waals surface area (Å²) in [6.07, 6.45) is 0.909. The molecular weight excluding hydrogens is 277 g/mol. The maximum absolute atomic E-state index is 13.0. The summed E-state index contributed by atoms with van der Waals surface area (Å²) in [4.78, 5) is 0. The van der Waals surface area contributed by atoms with Crippen molar-refractivity contribution in [3.8, 4) is 5.75 Å². The highest BCUT2D eigenvalue weighted by Crippen LogP contribution is 2.16. The van der Waals surface area contributed by atoms with E-state index in [1.54, 1.807) is 19.2 Å². The highest BCUT2D eigenvalue weighted by atomic mass is 35.5. The van der Waals surface area contributed by atoms with E-state index >= 15 is 0 Å². The van der Waals surface area contributed by atoms with Gasteiger partial charge in [0.05, 0.1) is 12.1 Å². The second-order valence-electron chi connectivity index (χ2n) is 4.53. The molecule has 0 aliphatic carbocycles. The molecule has 2 aromatic carbocycles. The van der Waals surface area contributed by atoms with Gasteiger partial charge in [-0.05, 0) is 48.4 Å². The lowest BCUT2D eigenvalue weighted by Crippen LogP contribution is -2.16. The van der Waals surface area contributed by atoms with Crippen LogP contribution in [0.4, 0.5) is 4.39 Å². The summed E-state index contributed by atoms with van der Waals surface area (Å²) in [5, 5.41) is 3.48. The molecule has 106 valence electrons. The van der Waals surface area contributed by atoms with Crippen LogP contribution in [0.15, 0.2) is 42.5 Å². The fourth-order valence-electron chi connectivity index (χ4n) is 1.94. The Morgan fingerprint density at radius 3 is 2.75 bits per heavy atom. The maximum Gasteiger partial charge on any atom is 0.141 e. The lowest BCUT2D eigenvalue weighted by Gasteiger charge is -2.07. The van der Waals surface area contributed by atoms with Crippen LogP contribution >= 0.6 is 11.6 Å². The van der Waals surface area contributed by atoms with E-state index in [2.05, 4.69) is 11.4 Å². The Morgan fingerprint density at radius 2 is 2.00 bits per heavy atom. The fraction of sp³-hybridized carbons (Fsp3) is 0.250. The van der Waals surface area contributed by atoms with Crippen molar-refractivity contribution in [3.63, 3.8) is 0 Å². The molecule has 0 saturated heterocycles. The number of nitrogens with one attached hydrogen (secondary N) is 1. The minimum atomic E-state index is -0.383. The Morgan fingerprint density at radius 1 is 1.15 bits per heavy atom. The summed E-state index contributed by atoms with van der Waals surface area (Å²) < 4.78 is 18.2. The molecule has 0 aliphatic rings. The number of hydrogen-bond donors (Lipinski definition) is 1. The zero-order chi connectivity index (χ0) is 14.4. The number of benzene rings is 2. The van der Waals surface area contributed by atoms with Gasteiger partial charge in [0, 0.05) is 6.54 Å². The van der Waals surface area contributed by atoms with Gasteiger partial charge >= 0.3 is 0 Å². The SMILES string of the molecule is COc1cccc(CCNCc2ccc(F)c(Cl)c2)c1. The van der Waals surface area contributed by atoms with Crippen LogP contribution in [-0.2, 0) is 13.0 Å². The first-order valence-corrected chi connectivity index (χ1v) is 6.84. The predicted octanol–water partition coefficient (Wildman–Crippen LogP) is 3.82. The van der Waals surface area contributed by atoms with Gasteiger partial charge in [0.25, 0.3) is 0 Å². The minimum Gasteiger partial charge on any atom is -0.497 e. The molecule has 0 aliphatic heterocycles. The first kappa shape index (κ1) is 14.8. The Kier molecular flexibility index (Phi) is 5.39. The molecule has 1 N–H and O–H groups in total. The van der Waals surface area contributed by atoms with E-state index in [9.17, 15) is 4.39 Å². The summed E-state index contributed by atoms with van der Waals surface area (Å²) in [7, 11) is 1.66. The number of halogens is 2. The lowest BCUT2D eigenvalue weighted by molar-refractivity contribution is 0.414. The molecule has 2 nitrogen and oxygen atoms in total. The molecule has 2 aromatic rings. The van der Waals surface area contributed by atoms with Crippen molar-refractivity contribution in [2.45, 2.75) is 13.0 Å². The number of rotatable bonds is 6.